The van der Waals surface area contributed by atoms with E-state index in [0.717, 1.165) is 5.56 Å². The maximum Gasteiger partial charge on any atom is 0.248 e. The minimum atomic E-state index is -0.0826. The zero-order valence-corrected chi connectivity index (χ0v) is 11.8. The highest BCUT2D eigenvalue weighted by molar-refractivity contribution is 5.77. The fraction of sp³-hybridized carbons (Fsp3) is 0.500. The van der Waals surface area contributed by atoms with Gasteiger partial charge in [-0.15, -0.1) is 0 Å². The summed E-state index contributed by atoms with van der Waals surface area (Å²) in [5, 5.41) is 9.50. The second-order valence-corrected chi connectivity index (χ2v) is 4.62. The van der Waals surface area contributed by atoms with Crippen LogP contribution in [-0.2, 0) is 16.1 Å². The molecule has 1 N–H and O–H groups in total. The van der Waals surface area contributed by atoms with E-state index >= 15 is 0 Å². The monoisotopic (exact) mass is 267 g/mol. The molecule has 0 spiro atoms. The van der Waals surface area contributed by atoms with Crippen LogP contribution in [0.3, 0.4) is 0 Å². The molecule has 0 atom stereocenters. The fourth-order valence-corrected chi connectivity index (χ4v) is 1.53. The van der Waals surface area contributed by atoms with Gasteiger partial charge in [-0.25, -0.2) is 0 Å². The average molecular weight is 267 g/mol. The number of likely N-dealkylation sites (N-methyl/N-ethyl adjacent to an activating group) is 1. The first kappa shape index (κ1) is 15.3. The number of benzene rings is 1. The molecule has 0 bridgehead atoms. The molecular weight excluding hydrogens is 246 g/mol. The zero-order valence-electron chi connectivity index (χ0n) is 11.8. The lowest BCUT2D eigenvalue weighted by Gasteiger charge is -2.18. The molecule has 5 heteroatoms. The van der Waals surface area contributed by atoms with E-state index in [0.29, 0.717) is 12.3 Å². The van der Waals surface area contributed by atoms with Crippen LogP contribution in [0.5, 0.6) is 11.5 Å². The predicted molar refractivity (Wildman–Crippen MR) is 72.2 cm³/mol. The molecule has 106 valence electrons. The minimum absolute atomic E-state index is 0.0334. The molecule has 0 saturated heterocycles. The van der Waals surface area contributed by atoms with Gasteiger partial charge in [-0.1, -0.05) is 6.07 Å². The summed E-state index contributed by atoms with van der Waals surface area (Å²) in [6.07, 6.45) is 0.0334. The van der Waals surface area contributed by atoms with E-state index < -0.39 is 0 Å². The molecule has 0 fully saturated rings. The molecular formula is C14H21NO4. The summed E-state index contributed by atoms with van der Waals surface area (Å²) in [7, 11) is 3.20. The van der Waals surface area contributed by atoms with Crippen molar-refractivity contribution in [3.05, 3.63) is 23.8 Å². The van der Waals surface area contributed by atoms with Crippen molar-refractivity contribution < 1.29 is 19.4 Å². The number of phenols is 1. The number of carbonyl (C=O) groups excluding carboxylic acids is 1. The van der Waals surface area contributed by atoms with Crippen LogP contribution < -0.4 is 4.74 Å². The Hall–Kier alpha value is -1.75. The van der Waals surface area contributed by atoms with E-state index in [1.165, 1.54) is 7.11 Å². The van der Waals surface area contributed by atoms with Crippen LogP contribution in [0.1, 0.15) is 19.4 Å². The topological polar surface area (TPSA) is 59.0 Å². The molecule has 0 aromatic heterocycles. The van der Waals surface area contributed by atoms with Crippen LogP contribution in [0.15, 0.2) is 18.2 Å². The molecule has 1 amide bonds. The van der Waals surface area contributed by atoms with Crippen LogP contribution >= 0.6 is 0 Å². The molecule has 19 heavy (non-hydrogen) atoms. The number of hydrogen-bond acceptors (Lipinski definition) is 4. The number of hydrogen-bond donors (Lipinski definition) is 1. The van der Waals surface area contributed by atoms with Crippen molar-refractivity contribution in [1.29, 1.82) is 0 Å². The normalized spacial score (nSPS) is 10.6. The number of methoxy groups -OCH3 is 1. The van der Waals surface area contributed by atoms with Gasteiger partial charge >= 0.3 is 0 Å². The van der Waals surface area contributed by atoms with Gasteiger partial charge in [-0.05, 0) is 31.5 Å². The second-order valence-electron chi connectivity index (χ2n) is 4.62. The van der Waals surface area contributed by atoms with Gasteiger partial charge < -0.3 is 19.5 Å². The van der Waals surface area contributed by atoms with Gasteiger partial charge in [0.2, 0.25) is 5.91 Å². The molecule has 0 aliphatic heterocycles. The summed E-state index contributed by atoms with van der Waals surface area (Å²) in [6, 6.07) is 5.02. The van der Waals surface area contributed by atoms with E-state index in [2.05, 4.69) is 0 Å². The maximum atomic E-state index is 11.8. The minimum Gasteiger partial charge on any atom is -0.504 e. The third kappa shape index (κ3) is 4.79. The van der Waals surface area contributed by atoms with Crippen molar-refractivity contribution >= 4 is 5.91 Å². The Morgan fingerprint density at radius 2 is 2.11 bits per heavy atom. The molecule has 0 aliphatic carbocycles. The fourth-order valence-electron chi connectivity index (χ4n) is 1.53. The van der Waals surface area contributed by atoms with Crippen molar-refractivity contribution in [3.63, 3.8) is 0 Å². The van der Waals surface area contributed by atoms with Gasteiger partial charge in [-0.3, -0.25) is 4.79 Å². The van der Waals surface area contributed by atoms with Crippen molar-refractivity contribution in [2.24, 2.45) is 0 Å². The number of ether oxygens (including phenoxy) is 2. The Bertz CT molecular complexity index is 431. The van der Waals surface area contributed by atoms with E-state index in [-0.39, 0.29) is 24.4 Å². The summed E-state index contributed by atoms with van der Waals surface area (Å²) < 4.78 is 10.3. The van der Waals surface area contributed by atoms with Crippen molar-refractivity contribution in [3.8, 4) is 11.5 Å². The molecule has 0 aliphatic rings. The molecule has 5 nitrogen and oxygen atoms in total. The van der Waals surface area contributed by atoms with Gasteiger partial charge in [0.15, 0.2) is 11.5 Å². The van der Waals surface area contributed by atoms with Crippen molar-refractivity contribution in [1.82, 2.24) is 4.90 Å². The summed E-state index contributed by atoms with van der Waals surface area (Å²) in [5.74, 6) is 0.404. The smallest absolute Gasteiger partial charge is 0.248 e. The third-order valence-electron chi connectivity index (χ3n) is 2.63. The van der Waals surface area contributed by atoms with Gasteiger partial charge in [0.1, 0.15) is 6.61 Å². The van der Waals surface area contributed by atoms with Gasteiger partial charge in [-0.2, -0.15) is 0 Å². The quantitative estimate of drug-likeness (QED) is 0.853. The van der Waals surface area contributed by atoms with Crippen molar-refractivity contribution in [2.75, 3.05) is 20.8 Å². The molecule has 1 aromatic carbocycles. The Labute approximate surface area is 113 Å². The summed E-state index contributed by atoms with van der Waals surface area (Å²) in [6.45, 7) is 4.29. The SMILES string of the molecule is COc1cc(CN(C)C(=O)COC(C)C)ccc1O. The second kappa shape index (κ2) is 6.99. The Balaban J connectivity index is 2.61. The van der Waals surface area contributed by atoms with E-state index in [1.807, 2.05) is 13.8 Å². The first-order valence-corrected chi connectivity index (χ1v) is 6.15. The highest BCUT2D eigenvalue weighted by Gasteiger charge is 2.11. The number of carbonyl (C=O) groups is 1. The summed E-state index contributed by atoms with van der Waals surface area (Å²) in [5.41, 5.74) is 0.884. The third-order valence-corrected chi connectivity index (χ3v) is 2.63. The highest BCUT2D eigenvalue weighted by atomic mass is 16.5. The molecule has 0 saturated carbocycles. The number of aromatic hydroxyl groups is 1. The molecule has 0 unspecified atom stereocenters. The molecule has 0 radical (unpaired) electrons. The lowest BCUT2D eigenvalue weighted by atomic mass is 10.2. The lowest BCUT2D eigenvalue weighted by Crippen LogP contribution is -2.30. The van der Waals surface area contributed by atoms with Crippen LogP contribution in [0.25, 0.3) is 0 Å². The van der Waals surface area contributed by atoms with Crippen molar-refractivity contribution in [2.45, 2.75) is 26.5 Å². The van der Waals surface area contributed by atoms with Gasteiger partial charge in [0.05, 0.1) is 13.2 Å². The van der Waals surface area contributed by atoms with Crippen LogP contribution in [-0.4, -0.2) is 42.8 Å². The van der Waals surface area contributed by atoms with Crippen LogP contribution in [0.4, 0.5) is 0 Å². The number of phenolic OH excluding ortho intramolecular Hbond substituents is 1. The van der Waals surface area contributed by atoms with E-state index in [4.69, 9.17) is 9.47 Å². The van der Waals surface area contributed by atoms with Crippen LogP contribution in [0, 0.1) is 0 Å². The predicted octanol–water partition coefficient (Wildman–Crippen LogP) is 1.78. The van der Waals surface area contributed by atoms with Gasteiger partial charge in [0.25, 0.3) is 0 Å². The van der Waals surface area contributed by atoms with Gasteiger partial charge in [0, 0.05) is 13.6 Å². The zero-order chi connectivity index (χ0) is 14.4. The summed E-state index contributed by atoms with van der Waals surface area (Å²) in [4.78, 5) is 13.4. The first-order chi connectivity index (χ1) is 8.93. The lowest BCUT2D eigenvalue weighted by molar-refractivity contribution is -0.136. The molecule has 1 rings (SSSR count). The largest absolute Gasteiger partial charge is 0.504 e. The number of nitrogens with zero attached hydrogens (tertiary/aromatic N) is 1. The Morgan fingerprint density at radius 3 is 2.68 bits per heavy atom. The average Bonchev–Trinajstić information content (AvgIpc) is 2.37. The standard InChI is InChI=1S/C14H21NO4/c1-10(2)19-9-14(17)15(3)8-11-5-6-12(16)13(7-11)18-4/h5-7,10,16H,8-9H2,1-4H3. The van der Waals surface area contributed by atoms with E-state index in [9.17, 15) is 9.90 Å². The highest BCUT2D eigenvalue weighted by Crippen LogP contribution is 2.26. The first-order valence-electron chi connectivity index (χ1n) is 6.15. The van der Waals surface area contributed by atoms with E-state index in [1.54, 1.807) is 30.1 Å². The number of amides is 1. The van der Waals surface area contributed by atoms with Crippen LogP contribution in [0.2, 0.25) is 0 Å². The maximum absolute atomic E-state index is 11.8. The number of rotatable bonds is 6. The Morgan fingerprint density at radius 1 is 1.42 bits per heavy atom. The molecule has 1 aromatic rings. The molecule has 0 heterocycles. The summed E-state index contributed by atoms with van der Waals surface area (Å²) >= 11 is 0. The Kier molecular flexibility index (Phi) is 5.63.